The fraction of sp³-hybridized carbons (Fsp3) is 0. The summed E-state index contributed by atoms with van der Waals surface area (Å²) in [4.78, 5) is 2.40. The van der Waals surface area contributed by atoms with Crippen LogP contribution in [0.2, 0.25) is 0 Å². The number of para-hydroxylation sites is 4. The Morgan fingerprint density at radius 1 is 0.364 bits per heavy atom. The normalized spacial score (nSPS) is 11.6. The molecule has 3 heteroatoms. The molecule has 2 heterocycles. The average molecular weight is 703 g/mol. The van der Waals surface area contributed by atoms with Gasteiger partial charge in [0.05, 0.1) is 22.4 Å². The molecule has 0 aliphatic carbocycles. The van der Waals surface area contributed by atoms with Gasteiger partial charge in [-0.05, 0) is 77.4 Å². The van der Waals surface area contributed by atoms with E-state index in [1.165, 1.54) is 32.9 Å². The highest BCUT2D eigenvalue weighted by molar-refractivity contribution is 6.18. The van der Waals surface area contributed by atoms with Gasteiger partial charge in [-0.25, -0.2) is 0 Å². The van der Waals surface area contributed by atoms with Crippen LogP contribution in [0.3, 0.4) is 0 Å². The van der Waals surface area contributed by atoms with Gasteiger partial charge in [0.25, 0.3) is 0 Å². The third kappa shape index (κ3) is 5.05. The molecule has 11 aromatic rings. The van der Waals surface area contributed by atoms with Crippen molar-refractivity contribution in [1.82, 2.24) is 4.57 Å². The summed E-state index contributed by atoms with van der Waals surface area (Å²) in [6, 6.07) is 73.9. The summed E-state index contributed by atoms with van der Waals surface area (Å²) in [6.07, 6.45) is 0. The van der Waals surface area contributed by atoms with Crippen molar-refractivity contribution >= 4 is 71.6 Å². The second kappa shape index (κ2) is 12.6. The molecule has 0 amide bonds. The number of anilines is 3. The van der Waals surface area contributed by atoms with E-state index in [0.29, 0.717) is 0 Å². The van der Waals surface area contributed by atoms with Gasteiger partial charge in [0, 0.05) is 49.3 Å². The van der Waals surface area contributed by atoms with Crippen molar-refractivity contribution in [2.45, 2.75) is 0 Å². The number of hydrogen-bond acceptors (Lipinski definition) is 2. The first-order valence-electron chi connectivity index (χ1n) is 18.8. The molecule has 0 spiro atoms. The quantitative estimate of drug-likeness (QED) is 0.172. The lowest BCUT2D eigenvalue weighted by atomic mass is 9.99. The molecule has 0 bridgehead atoms. The molecule has 11 rings (SSSR count). The fourth-order valence-electron chi connectivity index (χ4n) is 8.49. The predicted molar refractivity (Wildman–Crippen MR) is 231 cm³/mol. The van der Waals surface area contributed by atoms with E-state index in [4.69, 9.17) is 4.42 Å². The second-order valence-corrected chi connectivity index (χ2v) is 14.1. The predicted octanol–water partition coefficient (Wildman–Crippen LogP) is 14.6. The molecular weight excluding hydrogens is 669 g/mol. The van der Waals surface area contributed by atoms with Gasteiger partial charge in [-0.3, -0.25) is 0 Å². The molecule has 0 N–H and O–H groups in total. The molecule has 0 radical (unpaired) electrons. The second-order valence-electron chi connectivity index (χ2n) is 14.1. The van der Waals surface area contributed by atoms with Gasteiger partial charge in [-0.1, -0.05) is 146 Å². The van der Waals surface area contributed by atoms with E-state index in [1.807, 2.05) is 12.1 Å². The van der Waals surface area contributed by atoms with E-state index in [9.17, 15) is 0 Å². The van der Waals surface area contributed by atoms with E-state index < -0.39 is 0 Å². The molecule has 55 heavy (non-hydrogen) atoms. The van der Waals surface area contributed by atoms with Crippen molar-refractivity contribution in [3.05, 3.63) is 206 Å². The van der Waals surface area contributed by atoms with Crippen molar-refractivity contribution in [2.75, 3.05) is 4.90 Å². The first-order chi connectivity index (χ1) is 27.3. The lowest BCUT2D eigenvalue weighted by molar-refractivity contribution is 0.672. The Bertz CT molecular complexity index is 3150. The lowest BCUT2D eigenvalue weighted by Gasteiger charge is -2.29. The Labute approximate surface area is 318 Å². The van der Waals surface area contributed by atoms with Gasteiger partial charge < -0.3 is 13.9 Å². The molecule has 0 saturated carbocycles. The zero-order valence-corrected chi connectivity index (χ0v) is 29.9. The molecule has 9 aromatic carbocycles. The maximum atomic E-state index is 6.53. The number of furan rings is 1. The minimum Gasteiger partial charge on any atom is -0.455 e. The van der Waals surface area contributed by atoms with Gasteiger partial charge in [-0.15, -0.1) is 0 Å². The molecule has 3 nitrogen and oxygen atoms in total. The van der Waals surface area contributed by atoms with Crippen LogP contribution in [0.5, 0.6) is 0 Å². The first kappa shape index (κ1) is 31.2. The number of benzene rings is 9. The van der Waals surface area contributed by atoms with Gasteiger partial charge in [0.1, 0.15) is 11.2 Å². The summed E-state index contributed by atoms with van der Waals surface area (Å²) in [6.45, 7) is 0. The Kier molecular flexibility index (Phi) is 7.17. The van der Waals surface area contributed by atoms with Crippen LogP contribution in [0, 0.1) is 0 Å². The zero-order chi connectivity index (χ0) is 36.3. The van der Waals surface area contributed by atoms with Crippen LogP contribution in [-0.4, -0.2) is 4.57 Å². The standard InChI is InChI=1S/C52H34N2O/c1-2-14-36(15-3-1)40-18-4-8-23-47(40)53(50-26-13-22-45-43(50)32-33-46-44-21-7-11-27-51(44)55-52(45)46)38-30-28-35(29-31-38)37-16-12-17-39(34-37)54-48-24-9-5-19-41(48)42-20-6-10-25-49(42)54/h1-34H. The number of fused-ring (bicyclic) bond motifs is 8. The maximum absolute atomic E-state index is 6.53. The summed E-state index contributed by atoms with van der Waals surface area (Å²) in [5.41, 5.74) is 13.3. The summed E-state index contributed by atoms with van der Waals surface area (Å²) >= 11 is 0. The van der Waals surface area contributed by atoms with E-state index in [2.05, 4.69) is 204 Å². The van der Waals surface area contributed by atoms with E-state index in [1.54, 1.807) is 0 Å². The molecule has 2 aromatic heterocycles. The monoisotopic (exact) mass is 702 g/mol. The van der Waals surface area contributed by atoms with Gasteiger partial charge >= 0.3 is 0 Å². The average Bonchev–Trinajstić information content (AvgIpc) is 3.81. The fourth-order valence-corrected chi connectivity index (χ4v) is 8.49. The topological polar surface area (TPSA) is 21.3 Å². The largest absolute Gasteiger partial charge is 0.455 e. The minimum absolute atomic E-state index is 0.902. The Morgan fingerprint density at radius 2 is 0.945 bits per heavy atom. The molecule has 0 aliphatic rings. The zero-order valence-electron chi connectivity index (χ0n) is 29.9. The van der Waals surface area contributed by atoms with Crippen molar-refractivity contribution in [3.8, 4) is 27.9 Å². The van der Waals surface area contributed by atoms with E-state index in [0.717, 1.165) is 66.6 Å². The van der Waals surface area contributed by atoms with Crippen LogP contribution < -0.4 is 4.90 Å². The molecule has 0 aliphatic heterocycles. The lowest BCUT2D eigenvalue weighted by Crippen LogP contribution is -2.11. The van der Waals surface area contributed by atoms with Crippen LogP contribution in [0.1, 0.15) is 0 Å². The number of rotatable bonds is 6. The van der Waals surface area contributed by atoms with Crippen molar-refractivity contribution < 1.29 is 4.42 Å². The third-order valence-corrected chi connectivity index (χ3v) is 11.0. The van der Waals surface area contributed by atoms with Crippen LogP contribution >= 0.6 is 0 Å². The molecule has 0 saturated heterocycles. The highest BCUT2D eigenvalue weighted by Gasteiger charge is 2.21. The number of aromatic nitrogens is 1. The Hall–Kier alpha value is -7.36. The first-order valence-corrected chi connectivity index (χ1v) is 18.8. The summed E-state index contributed by atoms with van der Waals surface area (Å²) in [5, 5.41) is 7.00. The van der Waals surface area contributed by atoms with Crippen LogP contribution in [0.15, 0.2) is 211 Å². The summed E-state index contributed by atoms with van der Waals surface area (Å²) in [5.74, 6) is 0. The van der Waals surface area contributed by atoms with Crippen molar-refractivity contribution in [2.24, 2.45) is 0 Å². The summed E-state index contributed by atoms with van der Waals surface area (Å²) in [7, 11) is 0. The molecular formula is C52H34N2O. The Balaban J connectivity index is 1.07. The Morgan fingerprint density at radius 3 is 1.75 bits per heavy atom. The molecule has 0 fully saturated rings. The SMILES string of the molecule is c1ccc(-c2ccccc2N(c2ccc(-c3cccc(-n4c5ccccc5c5ccccc54)c3)cc2)c2cccc3c2ccc2c4ccccc4oc32)cc1. The smallest absolute Gasteiger partial charge is 0.143 e. The van der Waals surface area contributed by atoms with E-state index in [-0.39, 0.29) is 0 Å². The maximum Gasteiger partial charge on any atom is 0.143 e. The molecule has 0 atom stereocenters. The van der Waals surface area contributed by atoms with Crippen molar-refractivity contribution in [1.29, 1.82) is 0 Å². The highest BCUT2D eigenvalue weighted by atomic mass is 16.3. The number of nitrogens with zero attached hydrogens (tertiary/aromatic N) is 2. The van der Waals surface area contributed by atoms with Crippen LogP contribution in [-0.2, 0) is 0 Å². The van der Waals surface area contributed by atoms with Gasteiger partial charge in [0.2, 0.25) is 0 Å². The molecule has 258 valence electrons. The highest BCUT2D eigenvalue weighted by Crippen LogP contribution is 2.45. The van der Waals surface area contributed by atoms with Gasteiger partial charge in [-0.2, -0.15) is 0 Å². The third-order valence-electron chi connectivity index (χ3n) is 11.0. The molecule has 0 unspecified atom stereocenters. The van der Waals surface area contributed by atoms with Gasteiger partial charge in [0.15, 0.2) is 0 Å². The van der Waals surface area contributed by atoms with Crippen LogP contribution in [0.4, 0.5) is 17.1 Å². The summed E-state index contributed by atoms with van der Waals surface area (Å²) < 4.78 is 8.91. The van der Waals surface area contributed by atoms with Crippen LogP contribution in [0.25, 0.3) is 82.5 Å². The van der Waals surface area contributed by atoms with Crippen molar-refractivity contribution in [3.63, 3.8) is 0 Å². The minimum atomic E-state index is 0.902. The van der Waals surface area contributed by atoms with E-state index >= 15 is 0 Å². The number of hydrogen-bond donors (Lipinski definition) is 0.